The Morgan fingerprint density at radius 2 is 2.05 bits per heavy atom. The Morgan fingerprint density at radius 1 is 1.26 bits per heavy atom. The van der Waals surface area contributed by atoms with E-state index in [1.165, 1.54) is 17.4 Å². The highest BCUT2D eigenvalue weighted by Gasteiger charge is 2.31. The van der Waals surface area contributed by atoms with Crippen LogP contribution in [0.4, 0.5) is 13.2 Å². The summed E-state index contributed by atoms with van der Waals surface area (Å²) in [5, 5.41) is 3.69. The number of carbonyl (C=O) groups excluding carboxylic acids is 1. The molecule has 0 aliphatic rings. The first kappa shape index (κ1) is 13.6. The van der Waals surface area contributed by atoms with Crippen LogP contribution in [0.15, 0.2) is 35.0 Å². The highest BCUT2D eigenvalue weighted by molar-refractivity contribution is 7.07. The van der Waals surface area contributed by atoms with Gasteiger partial charge in [-0.2, -0.15) is 24.5 Å². The minimum Gasteiger partial charge on any atom is -0.489 e. The summed E-state index contributed by atoms with van der Waals surface area (Å²) in [6, 6.07) is 4.79. The summed E-state index contributed by atoms with van der Waals surface area (Å²) >= 11 is 1.47. The molecule has 1 aromatic heterocycles. The van der Waals surface area contributed by atoms with Crippen LogP contribution in [0.1, 0.15) is 21.5 Å². The largest absolute Gasteiger partial charge is 0.489 e. The first-order chi connectivity index (χ1) is 8.99. The average molecular weight is 286 g/mol. The molecular weight excluding hydrogens is 277 g/mol. The molecule has 2 aromatic rings. The van der Waals surface area contributed by atoms with Gasteiger partial charge in [0.1, 0.15) is 18.6 Å². The SMILES string of the molecule is O=Cc1cc(OCc2ccsc2)cc(C(F)(F)F)c1. The quantitative estimate of drug-likeness (QED) is 0.789. The molecule has 2 nitrogen and oxygen atoms in total. The van der Waals surface area contributed by atoms with E-state index in [2.05, 4.69) is 0 Å². The number of alkyl halides is 3. The fraction of sp³-hybridized carbons (Fsp3) is 0.154. The van der Waals surface area contributed by atoms with Crippen LogP contribution in [0.25, 0.3) is 0 Å². The van der Waals surface area contributed by atoms with Crippen molar-refractivity contribution in [3.05, 3.63) is 51.7 Å². The van der Waals surface area contributed by atoms with Crippen molar-refractivity contribution >= 4 is 17.6 Å². The number of hydrogen-bond donors (Lipinski definition) is 0. The number of halogens is 3. The van der Waals surface area contributed by atoms with Gasteiger partial charge in [0.05, 0.1) is 5.56 Å². The summed E-state index contributed by atoms with van der Waals surface area (Å²) in [7, 11) is 0. The van der Waals surface area contributed by atoms with Crippen LogP contribution in [0.5, 0.6) is 5.75 Å². The molecule has 0 spiro atoms. The lowest BCUT2D eigenvalue weighted by Crippen LogP contribution is -2.06. The smallest absolute Gasteiger partial charge is 0.416 e. The van der Waals surface area contributed by atoms with Gasteiger partial charge in [-0.15, -0.1) is 0 Å². The minimum absolute atomic E-state index is 0.0307. The second-order valence-corrected chi connectivity index (χ2v) is 4.61. The predicted molar refractivity (Wildman–Crippen MR) is 65.5 cm³/mol. The Labute approximate surface area is 111 Å². The fourth-order valence-electron chi connectivity index (χ4n) is 1.48. The lowest BCUT2D eigenvalue weighted by Gasteiger charge is -2.11. The van der Waals surface area contributed by atoms with Crippen molar-refractivity contribution in [3.63, 3.8) is 0 Å². The third-order valence-corrected chi connectivity index (χ3v) is 3.11. The maximum Gasteiger partial charge on any atom is 0.416 e. The molecule has 0 aliphatic heterocycles. The first-order valence-electron chi connectivity index (χ1n) is 5.30. The molecule has 0 aliphatic carbocycles. The topological polar surface area (TPSA) is 26.3 Å². The zero-order valence-corrected chi connectivity index (χ0v) is 10.4. The maximum atomic E-state index is 12.6. The summed E-state index contributed by atoms with van der Waals surface area (Å²) in [6.45, 7) is 0.170. The Bertz CT molecular complexity index is 562. The maximum absolute atomic E-state index is 12.6. The van der Waals surface area contributed by atoms with Gasteiger partial charge in [-0.25, -0.2) is 0 Å². The van der Waals surface area contributed by atoms with Crippen LogP contribution in [0.2, 0.25) is 0 Å². The average Bonchev–Trinajstić information content (AvgIpc) is 2.88. The molecule has 0 fully saturated rings. The summed E-state index contributed by atoms with van der Waals surface area (Å²) in [5.41, 5.74) is -0.0809. The molecule has 0 radical (unpaired) electrons. The van der Waals surface area contributed by atoms with Crippen LogP contribution in [0.3, 0.4) is 0 Å². The van der Waals surface area contributed by atoms with Crippen LogP contribution >= 0.6 is 11.3 Å². The second kappa shape index (κ2) is 5.44. The predicted octanol–water partition coefficient (Wildman–Crippen LogP) is 4.16. The molecule has 2 rings (SSSR count). The Hall–Kier alpha value is -1.82. The molecule has 0 unspecified atom stereocenters. The lowest BCUT2D eigenvalue weighted by molar-refractivity contribution is -0.137. The van der Waals surface area contributed by atoms with Gasteiger partial charge in [-0.3, -0.25) is 4.79 Å². The van der Waals surface area contributed by atoms with Crippen LogP contribution < -0.4 is 4.74 Å². The van der Waals surface area contributed by atoms with E-state index in [4.69, 9.17) is 4.74 Å². The highest BCUT2D eigenvalue weighted by Crippen LogP contribution is 2.32. The molecular formula is C13H9F3O2S. The molecule has 0 bridgehead atoms. The van der Waals surface area contributed by atoms with Crippen molar-refractivity contribution < 1.29 is 22.7 Å². The third-order valence-electron chi connectivity index (χ3n) is 2.38. The van der Waals surface area contributed by atoms with E-state index in [0.717, 1.165) is 17.7 Å². The van der Waals surface area contributed by atoms with Gasteiger partial charge < -0.3 is 4.74 Å². The number of rotatable bonds is 4. The van der Waals surface area contributed by atoms with Crippen molar-refractivity contribution in [2.24, 2.45) is 0 Å². The Balaban J connectivity index is 2.22. The van der Waals surface area contributed by atoms with Gasteiger partial charge in [0, 0.05) is 5.56 Å². The number of thiophene rings is 1. The molecule has 6 heteroatoms. The molecule has 100 valence electrons. The number of benzene rings is 1. The minimum atomic E-state index is -4.50. The third kappa shape index (κ3) is 3.57. The van der Waals surface area contributed by atoms with Crippen molar-refractivity contribution in [3.8, 4) is 5.75 Å². The summed E-state index contributed by atoms with van der Waals surface area (Å²) in [6.07, 6.45) is -4.13. The van der Waals surface area contributed by atoms with Crippen molar-refractivity contribution in [2.75, 3.05) is 0 Å². The molecule has 1 heterocycles. The molecule has 0 N–H and O–H groups in total. The Morgan fingerprint density at radius 3 is 2.63 bits per heavy atom. The van der Waals surface area contributed by atoms with E-state index >= 15 is 0 Å². The monoisotopic (exact) mass is 286 g/mol. The molecule has 0 atom stereocenters. The van der Waals surface area contributed by atoms with E-state index < -0.39 is 11.7 Å². The molecule has 0 amide bonds. The van der Waals surface area contributed by atoms with E-state index in [-0.39, 0.29) is 17.9 Å². The molecule has 0 saturated heterocycles. The van der Waals surface area contributed by atoms with E-state index in [0.29, 0.717) is 6.29 Å². The van der Waals surface area contributed by atoms with Gasteiger partial charge in [-0.05, 0) is 40.6 Å². The van der Waals surface area contributed by atoms with Gasteiger partial charge in [0.15, 0.2) is 0 Å². The summed E-state index contributed by atoms with van der Waals surface area (Å²) < 4.78 is 43.2. The zero-order chi connectivity index (χ0) is 13.9. The fourth-order valence-corrected chi connectivity index (χ4v) is 2.13. The number of aldehydes is 1. The molecule has 19 heavy (non-hydrogen) atoms. The normalized spacial score (nSPS) is 11.3. The van der Waals surface area contributed by atoms with Crippen LogP contribution in [-0.4, -0.2) is 6.29 Å². The standard InChI is InChI=1S/C13H9F3O2S/c14-13(15,16)11-3-10(6-17)4-12(5-11)18-7-9-1-2-19-8-9/h1-6,8H,7H2. The van der Waals surface area contributed by atoms with E-state index in [1.807, 2.05) is 16.8 Å². The summed E-state index contributed by atoms with van der Waals surface area (Å²) in [4.78, 5) is 10.6. The zero-order valence-electron chi connectivity index (χ0n) is 9.61. The van der Waals surface area contributed by atoms with Crippen molar-refractivity contribution in [1.29, 1.82) is 0 Å². The Kier molecular flexibility index (Phi) is 3.90. The number of ether oxygens (including phenoxy) is 1. The number of carbonyl (C=O) groups is 1. The van der Waals surface area contributed by atoms with E-state index in [9.17, 15) is 18.0 Å². The first-order valence-corrected chi connectivity index (χ1v) is 6.24. The van der Waals surface area contributed by atoms with Crippen LogP contribution in [0, 0.1) is 0 Å². The van der Waals surface area contributed by atoms with Gasteiger partial charge in [-0.1, -0.05) is 0 Å². The number of hydrogen-bond acceptors (Lipinski definition) is 3. The van der Waals surface area contributed by atoms with Gasteiger partial charge >= 0.3 is 6.18 Å². The van der Waals surface area contributed by atoms with Gasteiger partial charge in [0.25, 0.3) is 0 Å². The molecule has 0 saturated carbocycles. The highest BCUT2D eigenvalue weighted by atomic mass is 32.1. The van der Waals surface area contributed by atoms with Crippen molar-refractivity contribution in [2.45, 2.75) is 12.8 Å². The van der Waals surface area contributed by atoms with E-state index in [1.54, 1.807) is 0 Å². The second-order valence-electron chi connectivity index (χ2n) is 3.83. The summed E-state index contributed by atoms with van der Waals surface area (Å²) in [5.74, 6) is 0.0307. The van der Waals surface area contributed by atoms with Crippen LogP contribution in [-0.2, 0) is 12.8 Å². The van der Waals surface area contributed by atoms with Gasteiger partial charge in [0.2, 0.25) is 0 Å². The van der Waals surface area contributed by atoms with Crippen molar-refractivity contribution in [1.82, 2.24) is 0 Å². The lowest BCUT2D eigenvalue weighted by atomic mass is 10.1. The molecule has 1 aromatic carbocycles.